The van der Waals surface area contributed by atoms with Crippen molar-refractivity contribution in [1.82, 2.24) is 0 Å². The standard InChI is InChI=1S/C37H60F12O4/c1-23(33(36(44,45)46,37(47,48)49)53-26-17-13-14-19-50-26)20-51-24(2)30(11,28(6,7)8)22-29(9,10)31(12,21-27(3,4)5)25-16-15-18-32(52-25,34(38,39)40)35(41,42)43/h23-26H,13-22H2,1-12H3. The van der Waals surface area contributed by atoms with E-state index in [1.54, 1.807) is 69.2 Å². The lowest BCUT2D eigenvalue weighted by molar-refractivity contribution is -0.427. The van der Waals surface area contributed by atoms with Crippen LogP contribution >= 0.6 is 0 Å². The second-order valence-electron chi connectivity index (χ2n) is 18.7. The van der Waals surface area contributed by atoms with Crippen molar-refractivity contribution in [3.05, 3.63) is 0 Å². The van der Waals surface area contributed by atoms with Gasteiger partial charge in [-0.15, -0.1) is 0 Å². The van der Waals surface area contributed by atoms with Crippen LogP contribution in [0.3, 0.4) is 0 Å². The van der Waals surface area contributed by atoms with Crippen LogP contribution < -0.4 is 0 Å². The average molecular weight is 797 g/mol. The van der Waals surface area contributed by atoms with E-state index in [1.807, 2.05) is 0 Å². The molecule has 0 radical (unpaired) electrons. The molecule has 0 spiro atoms. The number of hydrogen-bond acceptors (Lipinski definition) is 4. The van der Waals surface area contributed by atoms with Crippen LogP contribution in [0.4, 0.5) is 52.7 Å². The first-order valence-corrected chi connectivity index (χ1v) is 18.2. The summed E-state index contributed by atoms with van der Waals surface area (Å²) in [5.74, 6) is -2.31. The Labute approximate surface area is 306 Å². The third-order valence-electron chi connectivity index (χ3n) is 12.4. The molecule has 2 fully saturated rings. The molecule has 16 heteroatoms. The van der Waals surface area contributed by atoms with Gasteiger partial charge < -0.3 is 18.9 Å². The minimum absolute atomic E-state index is 0.0343. The molecule has 4 nitrogen and oxygen atoms in total. The van der Waals surface area contributed by atoms with Crippen LogP contribution in [0.1, 0.15) is 134 Å². The molecule has 316 valence electrons. The van der Waals surface area contributed by atoms with E-state index in [1.165, 1.54) is 6.92 Å². The SMILES string of the molecule is CC(OCC(C)C(OC1CCCCO1)(C(F)(F)F)C(F)(F)F)C(C)(CC(C)(C)C(C)(CC(C)(C)C)C1CCCC(C(F)(F)F)(C(F)(F)F)O1)C(C)(C)C. The fourth-order valence-corrected chi connectivity index (χ4v) is 8.52. The van der Waals surface area contributed by atoms with Gasteiger partial charge >= 0.3 is 24.7 Å². The first-order valence-electron chi connectivity index (χ1n) is 18.2. The molecule has 0 aromatic rings. The molecular formula is C37H60F12O4. The molecule has 0 saturated carbocycles. The number of rotatable bonds is 12. The number of hydrogen-bond donors (Lipinski definition) is 0. The fourth-order valence-electron chi connectivity index (χ4n) is 8.52. The Hall–Kier alpha value is -1.00. The molecule has 0 aromatic carbocycles. The molecule has 0 amide bonds. The third-order valence-corrected chi connectivity index (χ3v) is 12.4. The monoisotopic (exact) mass is 796 g/mol. The highest BCUT2D eigenvalue weighted by Gasteiger charge is 2.76. The maximum atomic E-state index is 14.6. The maximum Gasteiger partial charge on any atom is 0.426 e. The van der Waals surface area contributed by atoms with E-state index in [0.29, 0.717) is 12.8 Å². The highest BCUT2D eigenvalue weighted by molar-refractivity contribution is 5.08. The molecule has 6 unspecified atom stereocenters. The van der Waals surface area contributed by atoms with E-state index in [4.69, 9.17) is 18.9 Å². The normalized spacial score (nSPS) is 25.4. The van der Waals surface area contributed by atoms with Crippen molar-refractivity contribution >= 4 is 0 Å². The van der Waals surface area contributed by atoms with Crippen molar-refractivity contribution in [3.63, 3.8) is 0 Å². The van der Waals surface area contributed by atoms with Gasteiger partial charge in [-0.05, 0) is 85.4 Å². The molecule has 6 atom stereocenters. The highest BCUT2D eigenvalue weighted by atomic mass is 19.4. The number of halogens is 12. The molecule has 2 aliphatic heterocycles. The Morgan fingerprint density at radius 1 is 0.679 bits per heavy atom. The Bertz CT molecular complexity index is 1160. The van der Waals surface area contributed by atoms with Crippen LogP contribution in [-0.4, -0.2) is 67.6 Å². The number of ether oxygens (including phenoxy) is 4. The summed E-state index contributed by atoms with van der Waals surface area (Å²) >= 11 is 0. The topological polar surface area (TPSA) is 36.9 Å². The van der Waals surface area contributed by atoms with Crippen molar-refractivity contribution in [2.75, 3.05) is 13.2 Å². The van der Waals surface area contributed by atoms with E-state index in [9.17, 15) is 52.7 Å². The molecular weight excluding hydrogens is 736 g/mol. The Morgan fingerprint density at radius 2 is 1.19 bits per heavy atom. The summed E-state index contributed by atoms with van der Waals surface area (Å²) in [5, 5.41) is 0. The molecule has 2 heterocycles. The molecule has 53 heavy (non-hydrogen) atoms. The maximum absolute atomic E-state index is 14.6. The summed E-state index contributed by atoms with van der Waals surface area (Å²) in [4.78, 5) is 0. The van der Waals surface area contributed by atoms with Crippen molar-refractivity contribution in [3.8, 4) is 0 Å². The van der Waals surface area contributed by atoms with E-state index in [2.05, 4.69) is 0 Å². The lowest BCUT2D eigenvalue weighted by Crippen LogP contribution is -2.65. The van der Waals surface area contributed by atoms with E-state index >= 15 is 0 Å². The van der Waals surface area contributed by atoms with Crippen LogP contribution in [0.2, 0.25) is 0 Å². The predicted molar refractivity (Wildman–Crippen MR) is 176 cm³/mol. The van der Waals surface area contributed by atoms with Crippen molar-refractivity contribution in [2.45, 2.75) is 189 Å². The zero-order valence-corrected chi connectivity index (χ0v) is 33.0. The van der Waals surface area contributed by atoms with E-state index in [0.717, 1.165) is 6.92 Å². The summed E-state index contributed by atoms with van der Waals surface area (Å²) in [5.41, 5.74) is -14.1. The Balaban J connectivity index is 2.60. The molecule has 2 saturated heterocycles. The Morgan fingerprint density at radius 3 is 1.58 bits per heavy atom. The zero-order valence-electron chi connectivity index (χ0n) is 33.0. The largest absolute Gasteiger partial charge is 0.426 e. The van der Waals surface area contributed by atoms with Crippen LogP contribution in [0.15, 0.2) is 0 Å². The van der Waals surface area contributed by atoms with Gasteiger partial charge in [-0.3, -0.25) is 0 Å². The molecule has 0 N–H and O–H groups in total. The molecule has 0 bridgehead atoms. The molecule has 2 aliphatic rings. The van der Waals surface area contributed by atoms with Crippen LogP contribution in [0.25, 0.3) is 0 Å². The summed E-state index contributed by atoms with van der Waals surface area (Å²) in [6, 6.07) is 0. The highest BCUT2D eigenvalue weighted by Crippen LogP contribution is 2.63. The van der Waals surface area contributed by atoms with Crippen molar-refractivity contribution < 1.29 is 71.6 Å². The first kappa shape index (κ1) is 48.1. The fraction of sp³-hybridized carbons (Fsp3) is 1.00. The van der Waals surface area contributed by atoms with Gasteiger partial charge in [-0.25, -0.2) is 0 Å². The van der Waals surface area contributed by atoms with Gasteiger partial charge in [0.1, 0.15) is 0 Å². The quantitative estimate of drug-likeness (QED) is 0.184. The third kappa shape index (κ3) is 9.59. The van der Waals surface area contributed by atoms with Gasteiger partial charge in [-0.2, -0.15) is 52.7 Å². The van der Waals surface area contributed by atoms with Gasteiger partial charge in [0.05, 0.1) is 18.8 Å². The second kappa shape index (κ2) is 15.4. The van der Waals surface area contributed by atoms with Gasteiger partial charge in [-0.1, -0.05) is 76.2 Å². The lowest BCUT2D eigenvalue weighted by Gasteiger charge is -2.59. The van der Waals surface area contributed by atoms with Gasteiger partial charge in [0, 0.05) is 12.5 Å². The minimum atomic E-state index is -5.91. The second-order valence-corrected chi connectivity index (χ2v) is 18.7. The average Bonchev–Trinajstić information content (AvgIpc) is 2.94. The van der Waals surface area contributed by atoms with Gasteiger partial charge in [0.2, 0.25) is 0 Å². The summed E-state index contributed by atoms with van der Waals surface area (Å²) in [6.07, 6.45) is -28.7. The van der Waals surface area contributed by atoms with Gasteiger partial charge in [0.15, 0.2) is 6.29 Å². The van der Waals surface area contributed by atoms with Crippen molar-refractivity contribution in [1.29, 1.82) is 0 Å². The summed E-state index contributed by atoms with van der Waals surface area (Å²) in [7, 11) is 0. The van der Waals surface area contributed by atoms with Crippen LogP contribution in [0, 0.1) is 33.0 Å². The Kier molecular flexibility index (Phi) is 14.0. The number of alkyl halides is 12. The van der Waals surface area contributed by atoms with Crippen LogP contribution in [0.5, 0.6) is 0 Å². The van der Waals surface area contributed by atoms with Crippen molar-refractivity contribution in [2.24, 2.45) is 33.0 Å². The smallest absolute Gasteiger partial charge is 0.378 e. The molecule has 0 aliphatic carbocycles. The van der Waals surface area contributed by atoms with Crippen LogP contribution in [-0.2, 0) is 18.9 Å². The summed E-state index contributed by atoms with van der Waals surface area (Å²) < 4.78 is 195. The van der Waals surface area contributed by atoms with E-state index in [-0.39, 0.29) is 32.3 Å². The summed E-state index contributed by atoms with van der Waals surface area (Å²) in [6.45, 7) is 18.6. The lowest BCUT2D eigenvalue weighted by atomic mass is 9.49. The zero-order chi connectivity index (χ0) is 41.7. The predicted octanol–water partition coefficient (Wildman–Crippen LogP) is 12.8. The van der Waals surface area contributed by atoms with Gasteiger partial charge in [0.25, 0.3) is 11.2 Å². The minimum Gasteiger partial charge on any atom is -0.378 e. The molecule has 0 aromatic heterocycles. The van der Waals surface area contributed by atoms with E-state index < -0.39 is 107 Å². The molecule has 2 rings (SSSR count). The first-order chi connectivity index (χ1) is 23.4.